The molecule has 0 saturated heterocycles. The molecule has 0 N–H and O–H groups in total. The largest absolute Gasteiger partial charge is 0.496 e. The number of hydrogen-bond donors (Lipinski definition) is 0. The molecular formula is C17H17FO3. The van der Waals surface area contributed by atoms with E-state index in [0.717, 1.165) is 17.5 Å². The third-order valence-corrected chi connectivity index (χ3v) is 3.30. The molecule has 0 aliphatic carbocycles. The maximum absolute atomic E-state index is 13.3. The van der Waals surface area contributed by atoms with E-state index >= 15 is 0 Å². The van der Waals surface area contributed by atoms with E-state index in [1.807, 2.05) is 12.1 Å². The molecule has 0 radical (unpaired) electrons. The quantitative estimate of drug-likeness (QED) is 0.791. The molecule has 0 spiro atoms. The standard InChI is InChI=1S/C17H17FO3/c1-20-16-10-9-15(18)11-14(16)8-5-12-3-6-13(7-4-12)17(19)21-2/h3-4,6-7,9-11H,5,8H2,1-2H3. The van der Waals surface area contributed by atoms with Crippen LogP contribution in [-0.4, -0.2) is 20.2 Å². The van der Waals surface area contributed by atoms with Crippen LogP contribution in [0.2, 0.25) is 0 Å². The van der Waals surface area contributed by atoms with Crippen LogP contribution in [0.5, 0.6) is 5.75 Å². The number of ether oxygens (including phenoxy) is 2. The Bertz CT molecular complexity index is 620. The van der Waals surface area contributed by atoms with Gasteiger partial charge in [0.05, 0.1) is 19.8 Å². The van der Waals surface area contributed by atoms with Gasteiger partial charge < -0.3 is 9.47 Å². The van der Waals surface area contributed by atoms with Gasteiger partial charge in [-0.15, -0.1) is 0 Å². The highest BCUT2D eigenvalue weighted by Crippen LogP contribution is 2.21. The molecular weight excluding hydrogens is 271 g/mol. The second kappa shape index (κ2) is 6.88. The second-order valence-electron chi connectivity index (χ2n) is 4.64. The van der Waals surface area contributed by atoms with Crippen LogP contribution in [0.4, 0.5) is 4.39 Å². The minimum atomic E-state index is -0.353. The summed E-state index contributed by atoms with van der Waals surface area (Å²) in [7, 11) is 2.92. The maximum atomic E-state index is 13.3. The van der Waals surface area contributed by atoms with E-state index in [2.05, 4.69) is 4.74 Å². The smallest absolute Gasteiger partial charge is 0.337 e. The molecule has 0 bridgehead atoms. The van der Waals surface area contributed by atoms with Crippen LogP contribution in [0.15, 0.2) is 42.5 Å². The molecule has 0 saturated carbocycles. The van der Waals surface area contributed by atoms with Crippen LogP contribution in [-0.2, 0) is 17.6 Å². The van der Waals surface area contributed by atoms with Crippen molar-refractivity contribution in [3.05, 3.63) is 65.0 Å². The molecule has 0 aliphatic rings. The summed E-state index contributed by atoms with van der Waals surface area (Å²) in [5.74, 6) is 0.0581. The van der Waals surface area contributed by atoms with Crippen LogP contribution in [0.1, 0.15) is 21.5 Å². The molecule has 0 heterocycles. The van der Waals surface area contributed by atoms with Crippen molar-refractivity contribution >= 4 is 5.97 Å². The van der Waals surface area contributed by atoms with Crippen molar-refractivity contribution in [2.45, 2.75) is 12.8 Å². The lowest BCUT2D eigenvalue weighted by atomic mass is 10.0. The molecule has 0 aliphatic heterocycles. The zero-order valence-corrected chi connectivity index (χ0v) is 12.1. The first kappa shape index (κ1) is 15.0. The summed E-state index contributed by atoms with van der Waals surface area (Å²) in [5.41, 5.74) is 2.41. The van der Waals surface area contributed by atoms with Crippen LogP contribution >= 0.6 is 0 Å². The van der Waals surface area contributed by atoms with Gasteiger partial charge in [-0.3, -0.25) is 0 Å². The van der Waals surface area contributed by atoms with Crippen molar-refractivity contribution in [2.24, 2.45) is 0 Å². The van der Waals surface area contributed by atoms with Crippen molar-refractivity contribution in [1.82, 2.24) is 0 Å². The van der Waals surface area contributed by atoms with E-state index in [0.29, 0.717) is 17.7 Å². The van der Waals surface area contributed by atoms with Crippen LogP contribution < -0.4 is 4.74 Å². The molecule has 0 atom stereocenters. The molecule has 2 aromatic rings. The SMILES string of the molecule is COC(=O)c1ccc(CCc2cc(F)ccc2OC)cc1. The molecule has 4 heteroatoms. The first-order valence-corrected chi connectivity index (χ1v) is 6.63. The Morgan fingerprint density at radius 3 is 2.38 bits per heavy atom. The summed E-state index contributed by atoms with van der Waals surface area (Å²) in [6.07, 6.45) is 1.40. The summed E-state index contributed by atoms with van der Waals surface area (Å²) < 4.78 is 23.2. The molecule has 21 heavy (non-hydrogen) atoms. The second-order valence-corrected chi connectivity index (χ2v) is 4.64. The van der Waals surface area contributed by atoms with Gasteiger partial charge in [0.25, 0.3) is 0 Å². The number of benzene rings is 2. The maximum Gasteiger partial charge on any atom is 0.337 e. The molecule has 2 aromatic carbocycles. The van der Waals surface area contributed by atoms with Gasteiger partial charge in [-0.25, -0.2) is 9.18 Å². The van der Waals surface area contributed by atoms with E-state index in [9.17, 15) is 9.18 Å². The molecule has 0 aromatic heterocycles. The Kier molecular flexibility index (Phi) is 4.93. The number of rotatable bonds is 5. The van der Waals surface area contributed by atoms with Gasteiger partial charge in [0.15, 0.2) is 0 Å². The average Bonchev–Trinajstić information content (AvgIpc) is 2.52. The Labute approximate surface area is 123 Å². The monoisotopic (exact) mass is 288 g/mol. The number of methoxy groups -OCH3 is 2. The van der Waals surface area contributed by atoms with Crippen molar-refractivity contribution in [1.29, 1.82) is 0 Å². The topological polar surface area (TPSA) is 35.5 Å². The molecule has 0 unspecified atom stereocenters. The van der Waals surface area contributed by atoms with Crippen molar-refractivity contribution < 1.29 is 18.7 Å². The van der Waals surface area contributed by atoms with Gasteiger partial charge >= 0.3 is 5.97 Å². The number of carbonyl (C=O) groups is 1. The highest BCUT2D eigenvalue weighted by molar-refractivity contribution is 5.89. The minimum absolute atomic E-state index is 0.271. The fourth-order valence-electron chi connectivity index (χ4n) is 2.15. The van der Waals surface area contributed by atoms with E-state index < -0.39 is 0 Å². The minimum Gasteiger partial charge on any atom is -0.496 e. The number of hydrogen-bond acceptors (Lipinski definition) is 3. The van der Waals surface area contributed by atoms with Gasteiger partial charge in [-0.1, -0.05) is 12.1 Å². The highest BCUT2D eigenvalue weighted by Gasteiger charge is 2.07. The van der Waals surface area contributed by atoms with Crippen molar-refractivity contribution in [3.63, 3.8) is 0 Å². The summed E-state index contributed by atoms with van der Waals surface area (Å²) in [6.45, 7) is 0. The van der Waals surface area contributed by atoms with Crippen molar-refractivity contribution in [2.75, 3.05) is 14.2 Å². The van der Waals surface area contributed by atoms with E-state index in [1.165, 1.54) is 19.2 Å². The number of esters is 1. The van der Waals surface area contributed by atoms with Gasteiger partial charge in [-0.05, 0) is 54.3 Å². The zero-order chi connectivity index (χ0) is 15.2. The van der Waals surface area contributed by atoms with Crippen LogP contribution in [0.3, 0.4) is 0 Å². The van der Waals surface area contributed by atoms with E-state index in [-0.39, 0.29) is 11.8 Å². The molecule has 2 rings (SSSR count). The Morgan fingerprint density at radius 2 is 1.76 bits per heavy atom. The van der Waals surface area contributed by atoms with Gasteiger partial charge in [0.1, 0.15) is 11.6 Å². The van der Waals surface area contributed by atoms with Gasteiger partial charge in [0, 0.05) is 0 Å². The van der Waals surface area contributed by atoms with E-state index in [4.69, 9.17) is 4.74 Å². The first-order chi connectivity index (χ1) is 10.1. The molecule has 0 amide bonds. The Hall–Kier alpha value is -2.36. The first-order valence-electron chi connectivity index (χ1n) is 6.63. The van der Waals surface area contributed by atoms with Gasteiger partial charge in [-0.2, -0.15) is 0 Å². The molecule has 3 nitrogen and oxygen atoms in total. The van der Waals surface area contributed by atoms with E-state index in [1.54, 1.807) is 25.3 Å². The summed E-state index contributed by atoms with van der Waals surface area (Å²) in [6, 6.07) is 11.7. The lowest BCUT2D eigenvalue weighted by molar-refractivity contribution is 0.0600. The predicted octanol–water partition coefficient (Wildman–Crippen LogP) is 3.41. The van der Waals surface area contributed by atoms with Crippen LogP contribution in [0.25, 0.3) is 0 Å². The lowest BCUT2D eigenvalue weighted by Crippen LogP contribution is -2.01. The predicted molar refractivity (Wildman–Crippen MR) is 78.1 cm³/mol. The average molecular weight is 288 g/mol. The highest BCUT2D eigenvalue weighted by atomic mass is 19.1. The van der Waals surface area contributed by atoms with Gasteiger partial charge in [0.2, 0.25) is 0 Å². The Balaban J connectivity index is 2.06. The normalized spacial score (nSPS) is 10.2. The van der Waals surface area contributed by atoms with Crippen LogP contribution in [0, 0.1) is 5.82 Å². The number of carbonyl (C=O) groups excluding carboxylic acids is 1. The fraction of sp³-hybridized carbons (Fsp3) is 0.235. The fourth-order valence-corrected chi connectivity index (χ4v) is 2.15. The third kappa shape index (κ3) is 3.81. The number of aryl methyl sites for hydroxylation is 2. The summed E-state index contributed by atoms with van der Waals surface area (Å²) in [5, 5.41) is 0. The van der Waals surface area contributed by atoms with Crippen molar-refractivity contribution in [3.8, 4) is 5.75 Å². The molecule has 110 valence electrons. The Morgan fingerprint density at radius 1 is 1.05 bits per heavy atom. The zero-order valence-electron chi connectivity index (χ0n) is 12.1. The summed E-state index contributed by atoms with van der Waals surface area (Å²) in [4.78, 5) is 11.3. The third-order valence-electron chi connectivity index (χ3n) is 3.30. The summed E-state index contributed by atoms with van der Waals surface area (Å²) >= 11 is 0. The molecule has 0 fully saturated rings. The lowest BCUT2D eigenvalue weighted by Gasteiger charge is -2.09. The number of halogens is 1.